The lowest BCUT2D eigenvalue weighted by Gasteiger charge is -2.32. The van der Waals surface area contributed by atoms with E-state index in [1.54, 1.807) is 0 Å². The van der Waals surface area contributed by atoms with E-state index in [0.29, 0.717) is 0 Å². The standard InChI is InChI=1S/C10H20N2O/c1-10(3-8-13)9-12-6-4-11(2)5-7-12/h13H,1,3-9H2,2H3. The van der Waals surface area contributed by atoms with Crippen LogP contribution in [0.25, 0.3) is 0 Å². The van der Waals surface area contributed by atoms with Gasteiger partial charge < -0.3 is 10.0 Å². The number of rotatable bonds is 4. The molecule has 0 atom stereocenters. The molecule has 1 fully saturated rings. The van der Waals surface area contributed by atoms with Gasteiger partial charge in [0.15, 0.2) is 0 Å². The largest absolute Gasteiger partial charge is 0.396 e. The van der Waals surface area contributed by atoms with E-state index in [2.05, 4.69) is 23.4 Å². The summed E-state index contributed by atoms with van der Waals surface area (Å²) in [4.78, 5) is 4.74. The number of aliphatic hydroxyl groups is 1. The van der Waals surface area contributed by atoms with Gasteiger partial charge in [-0.05, 0) is 13.5 Å². The number of likely N-dealkylation sites (N-methyl/N-ethyl adjacent to an activating group) is 1. The minimum Gasteiger partial charge on any atom is -0.396 e. The van der Waals surface area contributed by atoms with Crippen molar-refractivity contribution in [1.82, 2.24) is 9.80 Å². The van der Waals surface area contributed by atoms with Gasteiger partial charge in [-0.25, -0.2) is 0 Å². The number of aliphatic hydroxyl groups excluding tert-OH is 1. The summed E-state index contributed by atoms with van der Waals surface area (Å²) >= 11 is 0. The molecular formula is C10H20N2O. The first-order valence-electron chi connectivity index (χ1n) is 4.91. The maximum atomic E-state index is 8.72. The Bertz CT molecular complexity index is 162. The van der Waals surface area contributed by atoms with Crippen molar-refractivity contribution < 1.29 is 5.11 Å². The van der Waals surface area contributed by atoms with Gasteiger partial charge in [-0.3, -0.25) is 4.90 Å². The Morgan fingerprint density at radius 3 is 2.46 bits per heavy atom. The summed E-state index contributed by atoms with van der Waals surface area (Å²) in [5.41, 5.74) is 1.15. The number of hydrogen-bond acceptors (Lipinski definition) is 3. The van der Waals surface area contributed by atoms with Crippen LogP contribution in [0.2, 0.25) is 0 Å². The Labute approximate surface area is 80.6 Å². The molecule has 3 heteroatoms. The van der Waals surface area contributed by atoms with Gasteiger partial charge in [0.2, 0.25) is 0 Å². The summed E-state index contributed by atoms with van der Waals surface area (Å²) in [6.07, 6.45) is 0.742. The lowest BCUT2D eigenvalue weighted by atomic mass is 10.2. The van der Waals surface area contributed by atoms with Gasteiger partial charge in [0.05, 0.1) is 0 Å². The molecule has 1 rings (SSSR count). The van der Waals surface area contributed by atoms with E-state index in [-0.39, 0.29) is 6.61 Å². The maximum absolute atomic E-state index is 8.72. The summed E-state index contributed by atoms with van der Waals surface area (Å²) in [6.45, 7) is 9.67. The van der Waals surface area contributed by atoms with Gasteiger partial charge in [-0.15, -0.1) is 0 Å². The first-order chi connectivity index (χ1) is 6.22. The molecule has 1 saturated heterocycles. The highest BCUT2D eigenvalue weighted by molar-refractivity contribution is 4.97. The van der Waals surface area contributed by atoms with E-state index < -0.39 is 0 Å². The Kier molecular flexibility index (Phi) is 4.42. The van der Waals surface area contributed by atoms with Gasteiger partial charge in [-0.2, -0.15) is 0 Å². The Morgan fingerprint density at radius 1 is 1.31 bits per heavy atom. The monoisotopic (exact) mass is 184 g/mol. The maximum Gasteiger partial charge on any atom is 0.0468 e. The van der Waals surface area contributed by atoms with Crippen LogP contribution in [0.4, 0.5) is 0 Å². The van der Waals surface area contributed by atoms with Crippen LogP contribution in [0, 0.1) is 0 Å². The zero-order valence-corrected chi connectivity index (χ0v) is 8.50. The molecule has 0 aliphatic carbocycles. The van der Waals surface area contributed by atoms with Crippen LogP contribution in [0.15, 0.2) is 12.2 Å². The molecule has 0 radical (unpaired) electrons. The second kappa shape index (κ2) is 5.37. The van der Waals surface area contributed by atoms with Gasteiger partial charge in [0.25, 0.3) is 0 Å². The summed E-state index contributed by atoms with van der Waals surface area (Å²) in [5.74, 6) is 0. The van der Waals surface area contributed by atoms with Crippen molar-refractivity contribution >= 4 is 0 Å². The van der Waals surface area contributed by atoms with Crippen molar-refractivity contribution in [3.63, 3.8) is 0 Å². The van der Waals surface area contributed by atoms with E-state index in [4.69, 9.17) is 5.11 Å². The summed E-state index contributed by atoms with van der Waals surface area (Å²) in [7, 11) is 2.15. The molecule has 76 valence electrons. The molecule has 0 aromatic carbocycles. The van der Waals surface area contributed by atoms with Gasteiger partial charge in [0.1, 0.15) is 0 Å². The second-order valence-electron chi connectivity index (χ2n) is 3.80. The Morgan fingerprint density at radius 2 is 1.92 bits per heavy atom. The molecule has 0 bridgehead atoms. The minimum atomic E-state index is 0.229. The van der Waals surface area contributed by atoms with E-state index in [1.807, 2.05) is 0 Å². The highest BCUT2D eigenvalue weighted by Crippen LogP contribution is 2.04. The molecule has 13 heavy (non-hydrogen) atoms. The normalized spacial score (nSPS) is 20.5. The van der Waals surface area contributed by atoms with Crippen molar-refractivity contribution in [3.05, 3.63) is 12.2 Å². The van der Waals surface area contributed by atoms with E-state index in [0.717, 1.165) is 44.7 Å². The third kappa shape index (κ3) is 3.89. The minimum absolute atomic E-state index is 0.229. The number of nitrogens with zero attached hydrogens (tertiary/aromatic N) is 2. The molecule has 0 spiro atoms. The highest BCUT2D eigenvalue weighted by Gasteiger charge is 2.13. The van der Waals surface area contributed by atoms with Crippen molar-refractivity contribution in [2.24, 2.45) is 0 Å². The first kappa shape index (κ1) is 10.7. The lowest BCUT2D eigenvalue weighted by molar-refractivity contribution is 0.162. The smallest absolute Gasteiger partial charge is 0.0468 e. The average molecular weight is 184 g/mol. The SMILES string of the molecule is C=C(CCO)CN1CCN(C)CC1. The van der Waals surface area contributed by atoms with Crippen molar-refractivity contribution in [2.45, 2.75) is 6.42 Å². The van der Waals surface area contributed by atoms with Crippen LogP contribution in [-0.4, -0.2) is 61.3 Å². The predicted molar refractivity (Wildman–Crippen MR) is 54.8 cm³/mol. The first-order valence-corrected chi connectivity index (χ1v) is 4.91. The van der Waals surface area contributed by atoms with Crippen molar-refractivity contribution in [3.8, 4) is 0 Å². The molecule has 0 saturated carbocycles. The molecule has 1 heterocycles. The molecular weight excluding hydrogens is 164 g/mol. The fourth-order valence-electron chi connectivity index (χ4n) is 1.56. The van der Waals surface area contributed by atoms with Crippen molar-refractivity contribution in [2.75, 3.05) is 46.4 Å². The highest BCUT2D eigenvalue weighted by atomic mass is 16.2. The Balaban J connectivity index is 2.18. The Hall–Kier alpha value is -0.380. The zero-order chi connectivity index (χ0) is 9.68. The fourth-order valence-corrected chi connectivity index (χ4v) is 1.56. The van der Waals surface area contributed by atoms with Crippen LogP contribution >= 0.6 is 0 Å². The summed E-state index contributed by atoms with van der Waals surface area (Å²) in [5, 5.41) is 8.72. The van der Waals surface area contributed by atoms with Crippen LogP contribution in [0.1, 0.15) is 6.42 Å². The van der Waals surface area contributed by atoms with Crippen LogP contribution in [0.5, 0.6) is 0 Å². The quantitative estimate of drug-likeness (QED) is 0.631. The fraction of sp³-hybridized carbons (Fsp3) is 0.800. The van der Waals surface area contributed by atoms with Crippen LogP contribution in [-0.2, 0) is 0 Å². The predicted octanol–water partition coefficient (Wildman–Crippen LogP) is 0.172. The van der Waals surface area contributed by atoms with E-state index in [9.17, 15) is 0 Å². The molecule has 0 unspecified atom stereocenters. The molecule has 1 aliphatic heterocycles. The number of hydrogen-bond donors (Lipinski definition) is 1. The average Bonchev–Trinajstić information content (AvgIpc) is 2.09. The van der Waals surface area contributed by atoms with E-state index >= 15 is 0 Å². The topological polar surface area (TPSA) is 26.7 Å². The second-order valence-corrected chi connectivity index (χ2v) is 3.80. The van der Waals surface area contributed by atoms with Gasteiger partial charge in [-0.1, -0.05) is 12.2 Å². The molecule has 0 aromatic rings. The van der Waals surface area contributed by atoms with Crippen LogP contribution in [0.3, 0.4) is 0 Å². The molecule has 0 amide bonds. The number of piperazine rings is 1. The summed E-state index contributed by atoms with van der Waals surface area (Å²) in [6, 6.07) is 0. The molecule has 1 aliphatic rings. The van der Waals surface area contributed by atoms with Gasteiger partial charge in [0, 0.05) is 39.3 Å². The van der Waals surface area contributed by atoms with Crippen molar-refractivity contribution in [1.29, 1.82) is 0 Å². The molecule has 0 aromatic heterocycles. The molecule has 3 nitrogen and oxygen atoms in total. The molecule has 1 N–H and O–H groups in total. The van der Waals surface area contributed by atoms with Crippen LogP contribution < -0.4 is 0 Å². The van der Waals surface area contributed by atoms with E-state index in [1.165, 1.54) is 0 Å². The lowest BCUT2D eigenvalue weighted by Crippen LogP contribution is -2.44. The van der Waals surface area contributed by atoms with Gasteiger partial charge >= 0.3 is 0 Å². The third-order valence-corrected chi connectivity index (χ3v) is 2.51. The zero-order valence-electron chi connectivity index (χ0n) is 8.50. The third-order valence-electron chi connectivity index (χ3n) is 2.51. The summed E-state index contributed by atoms with van der Waals surface area (Å²) < 4.78 is 0.